The van der Waals surface area contributed by atoms with Crippen LogP contribution in [-0.2, 0) is 0 Å². The summed E-state index contributed by atoms with van der Waals surface area (Å²) in [5.74, 6) is 6.67. The molecular formula is C16H19BrN2O. The minimum absolute atomic E-state index is 0.0345. The summed E-state index contributed by atoms with van der Waals surface area (Å²) in [6.45, 7) is 4.11. The van der Waals surface area contributed by atoms with Crippen LogP contribution in [0.3, 0.4) is 0 Å². The van der Waals surface area contributed by atoms with Gasteiger partial charge in [0.15, 0.2) is 0 Å². The normalized spacial score (nSPS) is 12.2. The van der Waals surface area contributed by atoms with Crippen LogP contribution in [0.1, 0.15) is 28.3 Å². The Kier molecular flexibility index (Phi) is 4.81. The lowest BCUT2D eigenvalue weighted by molar-refractivity contribution is 0.411. The van der Waals surface area contributed by atoms with Crippen LogP contribution in [0.5, 0.6) is 5.75 Å². The van der Waals surface area contributed by atoms with E-state index in [0.717, 1.165) is 32.5 Å². The Labute approximate surface area is 128 Å². The van der Waals surface area contributed by atoms with Crippen molar-refractivity contribution in [2.45, 2.75) is 19.9 Å². The molecule has 3 nitrogen and oxygen atoms in total. The number of hydrogen-bond donors (Lipinski definition) is 2. The number of rotatable bonds is 4. The lowest BCUT2D eigenvalue weighted by Gasteiger charge is -2.21. The molecule has 0 radical (unpaired) electrons. The fourth-order valence-electron chi connectivity index (χ4n) is 2.36. The minimum Gasteiger partial charge on any atom is -0.496 e. The van der Waals surface area contributed by atoms with Gasteiger partial charge in [-0.15, -0.1) is 0 Å². The average Bonchev–Trinajstić information content (AvgIpc) is 2.45. The predicted octanol–water partition coefficient (Wildman–Crippen LogP) is 3.63. The smallest absolute Gasteiger partial charge is 0.122 e. The highest BCUT2D eigenvalue weighted by Gasteiger charge is 2.16. The molecule has 1 atom stereocenters. The zero-order valence-electron chi connectivity index (χ0n) is 11.9. The molecule has 0 heterocycles. The largest absolute Gasteiger partial charge is 0.496 e. The second kappa shape index (κ2) is 6.39. The van der Waals surface area contributed by atoms with Crippen molar-refractivity contribution >= 4 is 15.9 Å². The van der Waals surface area contributed by atoms with E-state index in [1.54, 1.807) is 7.11 Å². The van der Waals surface area contributed by atoms with E-state index in [0.29, 0.717) is 0 Å². The van der Waals surface area contributed by atoms with Gasteiger partial charge in [-0.05, 0) is 54.3 Å². The second-order valence-electron chi connectivity index (χ2n) is 4.83. The number of aryl methyl sites for hydroxylation is 2. The molecule has 2 aromatic carbocycles. The first-order valence-electron chi connectivity index (χ1n) is 6.43. The predicted molar refractivity (Wildman–Crippen MR) is 85.8 cm³/mol. The minimum atomic E-state index is -0.0345. The first-order valence-corrected chi connectivity index (χ1v) is 7.23. The van der Waals surface area contributed by atoms with Gasteiger partial charge in [0.25, 0.3) is 0 Å². The number of nitrogens with one attached hydrogen (secondary N) is 1. The molecule has 20 heavy (non-hydrogen) atoms. The highest BCUT2D eigenvalue weighted by atomic mass is 79.9. The number of methoxy groups -OCH3 is 1. The Balaban J connectivity index is 2.46. The van der Waals surface area contributed by atoms with Crippen molar-refractivity contribution in [2.24, 2.45) is 5.84 Å². The van der Waals surface area contributed by atoms with Gasteiger partial charge < -0.3 is 4.74 Å². The van der Waals surface area contributed by atoms with E-state index >= 15 is 0 Å². The highest BCUT2D eigenvalue weighted by molar-refractivity contribution is 9.10. The highest BCUT2D eigenvalue weighted by Crippen LogP contribution is 2.30. The molecule has 0 bridgehead atoms. The fourth-order valence-corrected chi connectivity index (χ4v) is 2.63. The van der Waals surface area contributed by atoms with E-state index in [9.17, 15) is 0 Å². The van der Waals surface area contributed by atoms with Crippen molar-refractivity contribution < 1.29 is 4.74 Å². The number of hydrazine groups is 1. The summed E-state index contributed by atoms with van der Waals surface area (Å²) < 4.78 is 6.41. The lowest BCUT2D eigenvalue weighted by Crippen LogP contribution is -2.29. The van der Waals surface area contributed by atoms with E-state index in [1.807, 2.05) is 25.1 Å². The van der Waals surface area contributed by atoms with Gasteiger partial charge in [-0.3, -0.25) is 5.84 Å². The molecule has 0 aliphatic heterocycles. The molecule has 0 fully saturated rings. The van der Waals surface area contributed by atoms with Gasteiger partial charge in [-0.1, -0.05) is 34.1 Å². The van der Waals surface area contributed by atoms with Gasteiger partial charge in [0, 0.05) is 4.47 Å². The summed E-state index contributed by atoms with van der Waals surface area (Å²) in [6.07, 6.45) is 0. The van der Waals surface area contributed by atoms with Crippen molar-refractivity contribution in [3.8, 4) is 5.75 Å². The molecule has 0 aliphatic rings. The van der Waals surface area contributed by atoms with Crippen molar-refractivity contribution in [1.29, 1.82) is 0 Å². The summed E-state index contributed by atoms with van der Waals surface area (Å²) >= 11 is 3.45. The van der Waals surface area contributed by atoms with Crippen LogP contribution in [0.2, 0.25) is 0 Å². The monoisotopic (exact) mass is 334 g/mol. The number of ether oxygens (including phenoxy) is 1. The molecular weight excluding hydrogens is 316 g/mol. The van der Waals surface area contributed by atoms with Gasteiger partial charge in [0.1, 0.15) is 5.75 Å². The third-order valence-corrected chi connectivity index (χ3v) is 3.99. The molecule has 106 valence electrons. The Morgan fingerprint density at radius 3 is 2.30 bits per heavy atom. The number of hydrogen-bond acceptors (Lipinski definition) is 3. The fraction of sp³-hybridized carbons (Fsp3) is 0.250. The number of benzene rings is 2. The molecule has 2 rings (SSSR count). The summed E-state index contributed by atoms with van der Waals surface area (Å²) in [5.41, 5.74) is 7.45. The van der Waals surface area contributed by atoms with Crippen LogP contribution in [0, 0.1) is 13.8 Å². The van der Waals surface area contributed by atoms with Crippen LogP contribution in [-0.4, -0.2) is 7.11 Å². The topological polar surface area (TPSA) is 47.3 Å². The molecule has 3 N–H and O–H groups in total. The van der Waals surface area contributed by atoms with Crippen LogP contribution >= 0.6 is 15.9 Å². The van der Waals surface area contributed by atoms with Crippen LogP contribution in [0.4, 0.5) is 0 Å². The lowest BCUT2D eigenvalue weighted by atomic mass is 9.93. The Morgan fingerprint density at radius 1 is 1.10 bits per heavy atom. The van der Waals surface area contributed by atoms with E-state index in [-0.39, 0.29) is 6.04 Å². The van der Waals surface area contributed by atoms with Crippen molar-refractivity contribution in [2.75, 3.05) is 7.11 Å². The summed E-state index contributed by atoms with van der Waals surface area (Å²) in [4.78, 5) is 0. The van der Waals surface area contributed by atoms with Crippen LogP contribution in [0.25, 0.3) is 0 Å². The standard InChI is InChI=1S/C16H19BrN2O/c1-10-9-15(20-3)11(2)8-14(10)16(19-18)12-4-6-13(17)7-5-12/h4-9,16,19H,18H2,1-3H3. The number of halogens is 1. The van der Waals surface area contributed by atoms with Gasteiger partial charge in [-0.25, -0.2) is 5.43 Å². The van der Waals surface area contributed by atoms with Crippen LogP contribution in [0.15, 0.2) is 40.9 Å². The molecule has 2 aromatic rings. The summed E-state index contributed by atoms with van der Waals surface area (Å²) in [6, 6.07) is 12.3. The molecule has 0 aliphatic carbocycles. The van der Waals surface area contributed by atoms with Gasteiger partial charge in [0.2, 0.25) is 0 Å². The maximum absolute atomic E-state index is 5.77. The molecule has 0 saturated heterocycles. The zero-order valence-corrected chi connectivity index (χ0v) is 13.5. The third kappa shape index (κ3) is 3.03. The Hall–Kier alpha value is -1.36. The molecule has 0 aromatic heterocycles. The van der Waals surface area contributed by atoms with Gasteiger partial charge in [0.05, 0.1) is 13.2 Å². The Morgan fingerprint density at radius 2 is 1.75 bits per heavy atom. The van der Waals surface area contributed by atoms with Crippen molar-refractivity contribution in [3.63, 3.8) is 0 Å². The number of nitrogens with two attached hydrogens (primary N) is 1. The summed E-state index contributed by atoms with van der Waals surface area (Å²) in [7, 11) is 1.69. The second-order valence-corrected chi connectivity index (χ2v) is 5.75. The van der Waals surface area contributed by atoms with Crippen LogP contribution < -0.4 is 16.0 Å². The first-order chi connectivity index (χ1) is 9.56. The van der Waals surface area contributed by atoms with E-state index < -0.39 is 0 Å². The first kappa shape index (κ1) is 15.0. The van der Waals surface area contributed by atoms with E-state index in [4.69, 9.17) is 10.6 Å². The zero-order chi connectivity index (χ0) is 14.7. The van der Waals surface area contributed by atoms with Gasteiger partial charge >= 0.3 is 0 Å². The SMILES string of the molecule is COc1cc(C)c(C(NN)c2ccc(Br)cc2)cc1C. The average molecular weight is 335 g/mol. The third-order valence-electron chi connectivity index (χ3n) is 3.46. The molecule has 1 unspecified atom stereocenters. The molecule has 0 saturated carbocycles. The molecule has 4 heteroatoms. The maximum atomic E-state index is 5.77. The quantitative estimate of drug-likeness (QED) is 0.663. The van der Waals surface area contributed by atoms with Crippen molar-refractivity contribution in [1.82, 2.24) is 5.43 Å². The molecule has 0 spiro atoms. The van der Waals surface area contributed by atoms with Gasteiger partial charge in [-0.2, -0.15) is 0 Å². The summed E-state index contributed by atoms with van der Waals surface area (Å²) in [5, 5.41) is 0. The Bertz CT molecular complexity index is 596. The van der Waals surface area contributed by atoms with E-state index in [1.165, 1.54) is 0 Å². The molecule has 0 amide bonds. The maximum Gasteiger partial charge on any atom is 0.122 e. The van der Waals surface area contributed by atoms with Crippen molar-refractivity contribution in [3.05, 3.63) is 63.1 Å². The van der Waals surface area contributed by atoms with E-state index in [2.05, 4.69) is 46.5 Å².